The molecule has 16 heavy (non-hydrogen) atoms. The highest BCUT2D eigenvalue weighted by atomic mass is 32.2. The number of hydrazine groups is 1. The average molecular weight is 241 g/mol. The quantitative estimate of drug-likeness (QED) is 0.628. The first-order valence-corrected chi connectivity index (χ1v) is 6.54. The molecule has 1 aliphatic rings. The van der Waals surface area contributed by atoms with Crippen LogP contribution < -0.4 is 11.3 Å². The van der Waals surface area contributed by atoms with Crippen LogP contribution in [0.2, 0.25) is 0 Å². The molecule has 1 saturated heterocycles. The molecule has 1 aromatic rings. The molecule has 0 amide bonds. The molecular weight excluding hydrogens is 225 g/mol. The lowest BCUT2D eigenvalue weighted by Gasteiger charge is -2.29. The second kappa shape index (κ2) is 5.61. The van der Waals surface area contributed by atoms with Gasteiger partial charge in [-0.3, -0.25) is 16.3 Å². The summed E-state index contributed by atoms with van der Waals surface area (Å²) in [6, 6.07) is 1.50. The van der Waals surface area contributed by atoms with Crippen molar-refractivity contribution in [3.05, 3.63) is 29.8 Å². The first-order chi connectivity index (χ1) is 7.81. The topological polar surface area (TPSA) is 50.9 Å². The zero-order valence-electron chi connectivity index (χ0n) is 9.03. The van der Waals surface area contributed by atoms with Crippen LogP contribution in [0.3, 0.4) is 0 Å². The van der Waals surface area contributed by atoms with E-state index in [-0.39, 0.29) is 11.9 Å². The zero-order valence-corrected chi connectivity index (χ0v) is 9.84. The monoisotopic (exact) mass is 241 g/mol. The molecule has 3 N–H and O–H groups in total. The van der Waals surface area contributed by atoms with Gasteiger partial charge in [0, 0.05) is 11.4 Å². The van der Waals surface area contributed by atoms with Crippen molar-refractivity contribution >= 4 is 11.8 Å². The molecular formula is C11H16FN3S. The van der Waals surface area contributed by atoms with E-state index >= 15 is 0 Å². The fourth-order valence-electron chi connectivity index (χ4n) is 2.05. The molecule has 2 heterocycles. The average Bonchev–Trinajstić information content (AvgIpc) is 2.31. The fourth-order valence-corrected chi connectivity index (χ4v) is 3.48. The lowest BCUT2D eigenvalue weighted by molar-refractivity contribution is 0.487. The predicted octanol–water partition coefficient (Wildman–Crippen LogP) is 2.01. The van der Waals surface area contributed by atoms with Crippen molar-refractivity contribution in [1.82, 2.24) is 10.4 Å². The number of nitrogens with zero attached hydrogens (tertiary/aromatic N) is 1. The minimum absolute atomic E-state index is 0.00602. The Morgan fingerprint density at radius 1 is 1.50 bits per heavy atom. The minimum atomic E-state index is -0.307. The van der Waals surface area contributed by atoms with Gasteiger partial charge < -0.3 is 0 Å². The van der Waals surface area contributed by atoms with Crippen LogP contribution in [0.1, 0.15) is 30.9 Å². The normalized spacial score (nSPS) is 23.0. The van der Waals surface area contributed by atoms with Gasteiger partial charge in [0.1, 0.15) is 5.82 Å². The van der Waals surface area contributed by atoms with E-state index in [1.165, 1.54) is 25.1 Å². The van der Waals surface area contributed by atoms with Crippen molar-refractivity contribution in [3.8, 4) is 0 Å². The number of nitrogens with one attached hydrogen (secondary N) is 1. The summed E-state index contributed by atoms with van der Waals surface area (Å²) in [4.78, 5) is 3.87. The summed E-state index contributed by atoms with van der Waals surface area (Å²) in [5, 5.41) is 0.419. The number of hydrogen-bond donors (Lipinski definition) is 2. The largest absolute Gasteiger partial charge is 0.271 e. The molecule has 88 valence electrons. The van der Waals surface area contributed by atoms with Crippen LogP contribution in [-0.2, 0) is 0 Å². The van der Waals surface area contributed by atoms with Crippen molar-refractivity contribution in [2.75, 3.05) is 5.75 Å². The van der Waals surface area contributed by atoms with E-state index in [0.29, 0.717) is 5.25 Å². The van der Waals surface area contributed by atoms with E-state index in [2.05, 4.69) is 10.4 Å². The summed E-state index contributed by atoms with van der Waals surface area (Å²) >= 11 is 1.90. The van der Waals surface area contributed by atoms with Crippen molar-refractivity contribution in [2.45, 2.75) is 30.6 Å². The maximum absolute atomic E-state index is 13.1. The molecule has 0 bridgehead atoms. The second-order valence-corrected chi connectivity index (χ2v) is 5.33. The summed E-state index contributed by atoms with van der Waals surface area (Å²) in [5.74, 6) is 6.42. The Kier molecular flexibility index (Phi) is 4.15. The maximum atomic E-state index is 13.1. The Labute approximate surface area is 99.0 Å². The third-order valence-electron chi connectivity index (χ3n) is 2.85. The van der Waals surface area contributed by atoms with E-state index in [0.717, 1.165) is 17.7 Å². The van der Waals surface area contributed by atoms with Crippen molar-refractivity contribution in [2.24, 2.45) is 5.84 Å². The molecule has 0 aromatic carbocycles. The number of pyridine rings is 1. The van der Waals surface area contributed by atoms with Crippen LogP contribution in [0.4, 0.5) is 4.39 Å². The number of thioether (sulfide) groups is 1. The van der Waals surface area contributed by atoms with Crippen LogP contribution in [0.15, 0.2) is 18.5 Å². The molecule has 2 unspecified atom stereocenters. The second-order valence-electron chi connectivity index (χ2n) is 3.99. The van der Waals surface area contributed by atoms with Gasteiger partial charge in [0.05, 0.1) is 12.2 Å². The van der Waals surface area contributed by atoms with E-state index in [9.17, 15) is 4.39 Å². The van der Waals surface area contributed by atoms with Gasteiger partial charge in [-0.05, 0) is 30.2 Å². The molecule has 1 aromatic heterocycles. The molecule has 0 spiro atoms. The predicted molar refractivity (Wildman–Crippen MR) is 64.4 cm³/mol. The van der Waals surface area contributed by atoms with Gasteiger partial charge >= 0.3 is 0 Å². The molecule has 1 aliphatic heterocycles. The summed E-state index contributed by atoms with van der Waals surface area (Å²) in [5.41, 5.74) is 3.62. The molecule has 2 rings (SSSR count). The van der Waals surface area contributed by atoms with Crippen molar-refractivity contribution in [1.29, 1.82) is 0 Å². The highest BCUT2D eigenvalue weighted by molar-refractivity contribution is 8.00. The van der Waals surface area contributed by atoms with Gasteiger partial charge in [-0.25, -0.2) is 4.39 Å². The zero-order chi connectivity index (χ0) is 11.4. The van der Waals surface area contributed by atoms with Crippen LogP contribution in [-0.4, -0.2) is 16.0 Å². The van der Waals surface area contributed by atoms with Crippen molar-refractivity contribution < 1.29 is 4.39 Å². The summed E-state index contributed by atoms with van der Waals surface area (Å²) in [6.45, 7) is 0. The van der Waals surface area contributed by atoms with E-state index in [4.69, 9.17) is 5.84 Å². The number of aromatic nitrogens is 1. The summed E-state index contributed by atoms with van der Waals surface area (Å²) < 4.78 is 13.1. The third kappa shape index (κ3) is 2.72. The Morgan fingerprint density at radius 2 is 2.38 bits per heavy atom. The number of nitrogens with two attached hydrogens (primary N) is 1. The highest BCUT2D eigenvalue weighted by Gasteiger charge is 2.25. The van der Waals surface area contributed by atoms with Gasteiger partial charge in [0.25, 0.3) is 0 Å². The SMILES string of the molecule is NNC(c1cncc(F)c1)C1CCCCS1. The van der Waals surface area contributed by atoms with Crippen LogP contribution >= 0.6 is 11.8 Å². The van der Waals surface area contributed by atoms with Crippen molar-refractivity contribution in [3.63, 3.8) is 0 Å². The molecule has 0 saturated carbocycles. The van der Waals surface area contributed by atoms with Gasteiger partial charge in [0.15, 0.2) is 0 Å². The van der Waals surface area contributed by atoms with Crippen LogP contribution in [0, 0.1) is 5.82 Å². The molecule has 3 nitrogen and oxygen atoms in total. The molecule has 0 aliphatic carbocycles. The smallest absolute Gasteiger partial charge is 0.141 e. The minimum Gasteiger partial charge on any atom is -0.271 e. The highest BCUT2D eigenvalue weighted by Crippen LogP contribution is 2.34. The first-order valence-electron chi connectivity index (χ1n) is 5.49. The summed E-state index contributed by atoms with van der Waals surface area (Å²) in [6.07, 6.45) is 6.50. The Morgan fingerprint density at radius 3 is 3.00 bits per heavy atom. The third-order valence-corrected chi connectivity index (χ3v) is 4.31. The number of hydrogen-bond acceptors (Lipinski definition) is 4. The lowest BCUT2D eigenvalue weighted by Crippen LogP contribution is -2.36. The molecule has 2 atom stereocenters. The standard InChI is InChI=1S/C11H16FN3S/c12-9-5-8(6-14-7-9)11(15-13)10-3-1-2-4-16-10/h5-7,10-11,15H,1-4,13H2. The first kappa shape index (κ1) is 11.8. The van der Waals surface area contributed by atoms with Gasteiger partial charge in [-0.15, -0.1) is 0 Å². The Bertz CT molecular complexity index is 342. The molecule has 1 fully saturated rings. The van der Waals surface area contributed by atoms with Gasteiger partial charge in [-0.2, -0.15) is 11.8 Å². The van der Waals surface area contributed by atoms with Gasteiger partial charge in [0.2, 0.25) is 0 Å². The van der Waals surface area contributed by atoms with E-state index in [1.54, 1.807) is 6.20 Å². The van der Waals surface area contributed by atoms with E-state index < -0.39 is 0 Å². The fraction of sp³-hybridized carbons (Fsp3) is 0.545. The number of halogens is 1. The van der Waals surface area contributed by atoms with Crippen LogP contribution in [0.5, 0.6) is 0 Å². The van der Waals surface area contributed by atoms with E-state index in [1.807, 2.05) is 11.8 Å². The summed E-state index contributed by atoms with van der Waals surface area (Å²) in [7, 11) is 0. The van der Waals surface area contributed by atoms with Gasteiger partial charge in [-0.1, -0.05) is 6.42 Å². The Balaban J connectivity index is 2.14. The maximum Gasteiger partial charge on any atom is 0.141 e. The lowest BCUT2D eigenvalue weighted by atomic mass is 10.0. The molecule has 5 heteroatoms. The molecule has 0 radical (unpaired) electrons. The van der Waals surface area contributed by atoms with Crippen LogP contribution in [0.25, 0.3) is 0 Å². The Hall–Kier alpha value is -0.650. The number of rotatable bonds is 3.